The maximum atomic E-state index is 12.7. The normalized spacial score (nSPS) is 17.9. The molecule has 1 amide bonds. The molecule has 1 aliphatic rings. The summed E-state index contributed by atoms with van der Waals surface area (Å²) >= 11 is 1.37. The van der Waals surface area contributed by atoms with Crippen molar-refractivity contribution in [2.24, 2.45) is 7.05 Å². The maximum absolute atomic E-state index is 12.7. The Kier molecular flexibility index (Phi) is 5.67. The van der Waals surface area contributed by atoms with Crippen molar-refractivity contribution in [3.8, 4) is 0 Å². The number of thiophene rings is 1. The summed E-state index contributed by atoms with van der Waals surface area (Å²) in [6.45, 7) is 3.02. The van der Waals surface area contributed by atoms with Gasteiger partial charge in [-0.3, -0.25) is 14.4 Å². The molecule has 4 heterocycles. The van der Waals surface area contributed by atoms with Gasteiger partial charge in [-0.15, -0.1) is 11.3 Å². The molecular weight excluding hydrogens is 378 g/mol. The second-order valence-corrected chi connectivity index (χ2v) is 7.72. The highest BCUT2D eigenvalue weighted by molar-refractivity contribution is 7.20. The van der Waals surface area contributed by atoms with Crippen LogP contribution in [0.15, 0.2) is 30.6 Å². The highest BCUT2D eigenvalue weighted by atomic mass is 32.1. The number of ether oxygens (including phenoxy) is 1. The Labute approximate surface area is 166 Å². The number of morpholine rings is 1. The van der Waals surface area contributed by atoms with Crippen molar-refractivity contribution in [1.82, 2.24) is 25.0 Å². The summed E-state index contributed by atoms with van der Waals surface area (Å²) in [6.07, 6.45) is 3.32. The van der Waals surface area contributed by atoms with E-state index < -0.39 is 0 Å². The predicted molar refractivity (Wildman–Crippen MR) is 106 cm³/mol. The van der Waals surface area contributed by atoms with E-state index in [0.717, 1.165) is 34.6 Å². The fourth-order valence-electron chi connectivity index (χ4n) is 3.50. The second kappa shape index (κ2) is 8.36. The molecule has 1 aliphatic heterocycles. The van der Waals surface area contributed by atoms with Crippen LogP contribution in [0.3, 0.4) is 0 Å². The largest absolute Gasteiger partial charge is 0.395 e. The van der Waals surface area contributed by atoms with E-state index in [1.807, 2.05) is 29.9 Å². The average molecular weight is 401 g/mol. The number of aromatic nitrogens is 3. The summed E-state index contributed by atoms with van der Waals surface area (Å²) in [7, 11) is 1.94. The fourth-order valence-corrected chi connectivity index (χ4v) is 4.61. The van der Waals surface area contributed by atoms with Gasteiger partial charge < -0.3 is 15.2 Å². The van der Waals surface area contributed by atoms with E-state index in [1.54, 1.807) is 12.4 Å². The number of aliphatic hydroxyl groups is 1. The lowest BCUT2D eigenvalue weighted by atomic mass is 10.0. The zero-order valence-corrected chi connectivity index (χ0v) is 16.5. The Morgan fingerprint density at radius 1 is 1.43 bits per heavy atom. The summed E-state index contributed by atoms with van der Waals surface area (Å²) < 4.78 is 7.97. The zero-order chi connectivity index (χ0) is 19.5. The van der Waals surface area contributed by atoms with Crippen LogP contribution in [-0.2, 0) is 18.3 Å². The van der Waals surface area contributed by atoms with Gasteiger partial charge in [0, 0.05) is 56.6 Å². The zero-order valence-electron chi connectivity index (χ0n) is 15.7. The molecule has 148 valence electrons. The molecule has 0 spiro atoms. The van der Waals surface area contributed by atoms with Crippen LogP contribution >= 0.6 is 11.3 Å². The summed E-state index contributed by atoms with van der Waals surface area (Å²) in [5.74, 6) is -0.195. The van der Waals surface area contributed by atoms with Crippen LogP contribution in [0, 0.1) is 0 Å². The lowest BCUT2D eigenvalue weighted by Gasteiger charge is -2.33. The first kappa shape index (κ1) is 19.0. The molecule has 3 aromatic heterocycles. The topological polar surface area (TPSA) is 92.5 Å². The molecule has 3 aromatic rings. The number of carbonyl (C=O) groups excluding carboxylic acids is 1. The predicted octanol–water partition coefficient (Wildman–Crippen LogP) is 1.33. The third-order valence-electron chi connectivity index (χ3n) is 4.89. The van der Waals surface area contributed by atoms with Crippen molar-refractivity contribution >= 4 is 27.5 Å². The number of pyridine rings is 1. The van der Waals surface area contributed by atoms with Crippen LogP contribution < -0.4 is 5.32 Å². The molecule has 0 aliphatic carbocycles. The minimum absolute atomic E-state index is 0.0946. The summed E-state index contributed by atoms with van der Waals surface area (Å²) in [5.41, 5.74) is 2.02. The number of nitrogens with zero attached hydrogens (tertiary/aromatic N) is 4. The molecule has 1 fully saturated rings. The first-order valence-corrected chi connectivity index (χ1v) is 10.1. The molecule has 8 nitrogen and oxygen atoms in total. The summed E-state index contributed by atoms with van der Waals surface area (Å²) in [6, 6.07) is 5.88. The van der Waals surface area contributed by atoms with Gasteiger partial charge in [-0.25, -0.2) is 4.98 Å². The smallest absolute Gasteiger partial charge is 0.261 e. The monoisotopic (exact) mass is 401 g/mol. The molecule has 0 aromatic carbocycles. The maximum Gasteiger partial charge on any atom is 0.261 e. The average Bonchev–Trinajstić information content (AvgIpc) is 3.30. The van der Waals surface area contributed by atoms with E-state index in [2.05, 4.69) is 20.3 Å². The van der Waals surface area contributed by atoms with E-state index in [-0.39, 0.29) is 25.2 Å². The van der Waals surface area contributed by atoms with Crippen LogP contribution in [0.25, 0.3) is 10.2 Å². The van der Waals surface area contributed by atoms with Crippen LogP contribution in [0.2, 0.25) is 0 Å². The van der Waals surface area contributed by atoms with Gasteiger partial charge in [0.25, 0.3) is 5.91 Å². The van der Waals surface area contributed by atoms with Gasteiger partial charge in [-0.2, -0.15) is 5.10 Å². The number of amides is 1. The van der Waals surface area contributed by atoms with Crippen LogP contribution in [0.5, 0.6) is 0 Å². The summed E-state index contributed by atoms with van der Waals surface area (Å²) in [4.78, 5) is 20.9. The number of aryl methyl sites for hydroxylation is 1. The Bertz CT molecular complexity index is 970. The highest BCUT2D eigenvalue weighted by Gasteiger charge is 2.30. The van der Waals surface area contributed by atoms with Crippen molar-refractivity contribution in [3.63, 3.8) is 0 Å². The van der Waals surface area contributed by atoms with Gasteiger partial charge >= 0.3 is 0 Å². The lowest BCUT2D eigenvalue weighted by molar-refractivity contribution is -0.0329. The van der Waals surface area contributed by atoms with Crippen LogP contribution in [0.4, 0.5) is 0 Å². The molecule has 9 heteroatoms. The number of aliphatic hydroxyl groups excluding tert-OH is 1. The molecule has 2 N–H and O–H groups in total. The number of hydrogen-bond acceptors (Lipinski definition) is 7. The number of rotatable bonds is 6. The minimum atomic E-state index is -0.213. The third-order valence-corrected chi connectivity index (χ3v) is 6.02. The van der Waals surface area contributed by atoms with Crippen LogP contribution in [0.1, 0.15) is 27.0 Å². The minimum Gasteiger partial charge on any atom is -0.395 e. The van der Waals surface area contributed by atoms with Gasteiger partial charge in [-0.05, 0) is 12.1 Å². The first-order chi connectivity index (χ1) is 13.7. The van der Waals surface area contributed by atoms with E-state index in [9.17, 15) is 4.79 Å². The quantitative estimate of drug-likeness (QED) is 0.647. The van der Waals surface area contributed by atoms with Gasteiger partial charge in [-0.1, -0.05) is 6.07 Å². The summed E-state index contributed by atoms with van der Waals surface area (Å²) in [5, 5.41) is 17.0. The van der Waals surface area contributed by atoms with E-state index in [0.29, 0.717) is 18.0 Å². The molecule has 0 saturated carbocycles. The Balaban J connectivity index is 1.63. The fraction of sp³-hybridized carbons (Fsp3) is 0.421. The molecule has 0 bridgehead atoms. The number of hydrogen-bond donors (Lipinski definition) is 2. The first-order valence-electron chi connectivity index (χ1n) is 9.24. The van der Waals surface area contributed by atoms with Gasteiger partial charge in [0.15, 0.2) is 0 Å². The Hall–Kier alpha value is -2.33. The molecule has 0 unspecified atom stereocenters. The third kappa shape index (κ3) is 3.79. The van der Waals surface area contributed by atoms with Crippen molar-refractivity contribution in [2.75, 3.05) is 32.8 Å². The Morgan fingerprint density at radius 2 is 2.32 bits per heavy atom. The van der Waals surface area contributed by atoms with Crippen LogP contribution in [-0.4, -0.2) is 63.5 Å². The van der Waals surface area contributed by atoms with Crippen molar-refractivity contribution < 1.29 is 14.6 Å². The van der Waals surface area contributed by atoms with Crippen molar-refractivity contribution in [1.29, 1.82) is 0 Å². The SMILES string of the molecule is Cn1nccc1CN1CCO[C@@H](c2c(C(=O)NCCO)sc3ncccc23)C1. The molecule has 1 saturated heterocycles. The lowest BCUT2D eigenvalue weighted by Crippen LogP contribution is -2.39. The van der Waals surface area contributed by atoms with Gasteiger partial charge in [0.05, 0.1) is 25.0 Å². The van der Waals surface area contributed by atoms with Crippen molar-refractivity contribution in [3.05, 3.63) is 46.7 Å². The van der Waals surface area contributed by atoms with Gasteiger partial charge in [0.2, 0.25) is 0 Å². The van der Waals surface area contributed by atoms with Gasteiger partial charge in [0.1, 0.15) is 9.71 Å². The molecule has 0 radical (unpaired) electrons. The number of carbonyl (C=O) groups is 1. The van der Waals surface area contributed by atoms with E-state index in [1.165, 1.54) is 11.3 Å². The van der Waals surface area contributed by atoms with Crippen molar-refractivity contribution in [2.45, 2.75) is 12.6 Å². The molecule has 4 rings (SSSR count). The molecular formula is C19H23N5O3S. The highest BCUT2D eigenvalue weighted by Crippen LogP contribution is 2.37. The molecule has 28 heavy (non-hydrogen) atoms. The number of fused-ring (bicyclic) bond motifs is 1. The van der Waals surface area contributed by atoms with E-state index >= 15 is 0 Å². The standard InChI is InChI=1S/C19H23N5O3S/c1-23-13(4-6-22-23)11-24-8-10-27-15(12-24)16-14-3-2-5-21-19(14)28-17(16)18(26)20-7-9-25/h2-6,15,25H,7-12H2,1H3,(H,20,26)/t15-/m1/s1. The molecule has 1 atom stereocenters. The number of nitrogens with one attached hydrogen (secondary N) is 1. The second-order valence-electron chi connectivity index (χ2n) is 6.72. The van der Waals surface area contributed by atoms with E-state index in [4.69, 9.17) is 9.84 Å². The Morgan fingerprint density at radius 3 is 3.11 bits per heavy atom.